The molecule has 224 valence electrons. The number of hydrogen-bond acceptors (Lipinski definition) is 6. The van der Waals surface area contributed by atoms with Crippen LogP contribution in [0.5, 0.6) is 11.5 Å². The normalized spacial score (nSPS) is 32.1. The molecule has 42 heavy (non-hydrogen) atoms. The molecule has 6 heterocycles. The van der Waals surface area contributed by atoms with Crippen LogP contribution in [0, 0.1) is 0 Å². The molecule has 4 unspecified atom stereocenters. The van der Waals surface area contributed by atoms with Crippen LogP contribution in [-0.4, -0.2) is 71.8 Å². The van der Waals surface area contributed by atoms with E-state index < -0.39 is 0 Å². The summed E-state index contributed by atoms with van der Waals surface area (Å²) >= 11 is 0. The molecule has 6 aliphatic heterocycles. The van der Waals surface area contributed by atoms with Gasteiger partial charge >= 0.3 is 0 Å². The van der Waals surface area contributed by atoms with Crippen LogP contribution in [0.4, 0.5) is 0 Å². The summed E-state index contributed by atoms with van der Waals surface area (Å²) < 4.78 is 12.8. The Kier molecular flexibility index (Phi) is 7.87. The highest BCUT2D eigenvalue weighted by Crippen LogP contribution is 2.45. The minimum absolute atomic E-state index is 0.0127. The van der Waals surface area contributed by atoms with Crippen molar-refractivity contribution in [2.45, 2.75) is 113 Å². The number of rotatable bonds is 2. The molecule has 4 fully saturated rings. The molecule has 0 amide bonds. The minimum atomic E-state index is -0.0133. The lowest BCUT2D eigenvalue weighted by atomic mass is 9.85. The standard InChI is InChI=1S/2C18H23NO2/c20-13-14-5-6-17-15(10-14)11-18(21-17)7-3-9-19-8-2-1-4-16(19)12-18;20-13-14-4-5-17-15(11-14)12-18(21-17)7-6-16-3-1-2-9-19(16)10-8-18/h5-6,10,13,16H,1-4,7-9,11-12H2;4-5,11,13,16H,1-3,6-10,12H2. The molecule has 4 saturated heterocycles. The maximum Gasteiger partial charge on any atom is 0.150 e. The molecular weight excluding hydrogens is 524 g/mol. The van der Waals surface area contributed by atoms with Gasteiger partial charge in [-0.2, -0.15) is 0 Å². The molecule has 6 heteroatoms. The van der Waals surface area contributed by atoms with Gasteiger partial charge in [0.2, 0.25) is 0 Å². The van der Waals surface area contributed by atoms with E-state index in [2.05, 4.69) is 9.80 Å². The molecule has 0 aliphatic carbocycles. The first-order valence-corrected chi connectivity index (χ1v) is 16.6. The van der Waals surface area contributed by atoms with Crippen molar-refractivity contribution in [2.75, 3.05) is 26.2 Å². The van der Waals surface area contributed by atoms with Crippen LogP contribution in [0.2, 0.25) is 0 Å². The van der Waals surface area contributed by atoms with Gasteiger partial charge in [-0.25, -0.2) is 0 Å². The molecule has 6 aliphatic rings. The molecule has 4 atom stereocenters. The van der Waals surface area contributed by atoms with Gasteiger partial charge in [-0.1, -0.05) is 12.8 Å². The first-order valence-electron chi connectivity index (χ1n) is 16.6. The van der Waals surface area contributed by atoms with Gasteiger partial charge in [-0.3, -0.25) is 9.59 Å². The van der Waals surface area contributed by atoms with Gasteiger partial charge in [0.05, 0.1) is 0 Å². The molecule has 0 aromatic heterocycles. The molecule has 8 rings (SSSR count). The van der Waals surface area contributed by atoms with E-state index in [9.17, 15) is 9.59 Å². The molecule has 0 radical (unpaired) electrons. The monoisotopic (exact) mass is 570 g/mol. The van der Waals surface area contributed by atoms with Crippen LogP contribution >= 0.6 is 0 Å². The third-order valence-electron chi connectivity index (χ3n) is 11.1. The van der Waals surface area contributed by atoms with Gasteiger partial charge in [0.15, 0.2) is 0 Å². The van der Waals surface area contributed by atoms with E-state index in [1.807, 2.05) is 36.4 Å². The van der Waals surface area contributed by atoms with E-state index in [1.165, 1.54) is 88.7 Å². The summed E-state index contributed by atoms with van der Waals surface area (Å²) in [4.78, 5) is 27.3. The number of nitrogens with zero attached hydrogens (tertiary/aromatic N) is 2. The van der Waals surface area contributed by atoms with Crippen LogP contribution in [-0.2, 0) is 12.8 Å². The molecule has 2 aromatic carbocycles. The van der Waals surface area contributed by atoms with Crippen LogP contribution in [0.3, 0.4) is 0 Å². The van der Waals surface area contributed by atoms with E-state index in [-0.39, 0.29) is 11.2 Å². The van der Waals surface area contributed by atoms with Gasteiger partial charge in [0.1, 0.15) is 35.3 Å². The molecule has 6 nitrogen and oxygen atoms in total. The zero-order valence-electron chi connectivity index (χ0n) is 25.0. The highest BCUT2D eigenvalue weighted by atomic mass is 16.5. The predicted octanol–water partition coefficient (Wildman–Crippen LogP) is 6.42. The minimum Gasteiger partial charge on any atom is -0.487 e. The number of carbonyl (C=O) groups excluding carboxylic acids is 2. The number of ether oxygens (including phenoxy) is 2. The Morgan fingerprint density at radius 2 is 1.21 bits per heavy atom. The topological polar surface area (TPSA) is 59.1 Å². The Hall–Kier alpha value is -2.70. The fraction of sp³-hybridized carbons (Fsp3) is 0.611. The Morgan fingerprint density at radius 3 is 1.90 bits per heavy atom. The van der Waals surface area contributed by atoms with E-state index in [4.69, 9.17) is 9.47 Å². The second-order valence-corrected chi connectivity index (χ2v) is 13.9. The van der Waals surface area contributed by atoms with Gasteiger partial charge < -0.3 is 19.3 Å². The Morgan fingerprint density at radius 1 is 0.619 bits per heavy atom. The van der Waals surface area contributed by atoms with Crippen molar-refractivity contribution in [3.63, 3.8) is 0 Å². The number of hydrogen-bond donors (Lipinski definition) is 0. The fourth-order valence-electron chi connectivity index (χ4n) is 8.89. The van der Waals surface area contributed by atoms with Crippen LogP contribution < -0.4 is 9.47 Å². The molecule has 2 spiro atoms. The third-order valence-corrected chi connectivity index (χ3v) is 11.1. The predicted molar refractivity (Wildman–Crippen MR) is 164 cm³/mol. The maximum absolute atomic E-state index is 11.0. The highest BCUT2D eigenvalue weighted by molar-refractivity contribution is 5.76. The molecular formula is C36H46N2O4. The average molecular weight is 571 g/mol. The van der Waals surface area contributed by atoms with Crippen molar-refractivity contribution in [2.24, 2.45) is 0 Å². The summed E-state index contributed by atoms with van der Waals surface area (Å²) in [6, 6.07) is 13.2. The van der Waals surface area contributed by atoms with E-state index in [1.54, 1.807) is 0 Å². The lowest BCUT2D eigenvalue weighted by molar-refractivity contribution is 0.0496. The van der Waals surface area contributed by atoms with Crippen LogP contribution in [0.25, 0.3) is 0 Å². The summed E-state index contributed by atoms with van der Waals surface area (Å²) in [5.41, 5.74) is 3.95. The summed E-state index contributed by atoms with van der Waals surface area (Å²) in [5, 5.41) is 0. The van der Waals surface area contributed by atoms with Crippen molar-refractivity contribution in [3.05, 3.63) is 58.7 Å². The van der Waals surface area contributed by atoms with Crippen LogP contribution in [0.1, 0.15) is 109 Å². The van der Waals surface area contributed by atoms with E-state index in [0.29, 0.717) is 6.04 Å². The second-order valence-electron chi connectivity index (χ2n) is 13.9. The van der Waals surface area contributed by atoms with Crippen LogP contribution in [0.15, 0.2) is 36.4 Å². The van der Waals surface area contributed by atoms with Gasteiger partial charge in [0.25, 0.3) is 0 Å². The lowest BCUT2D eigenvalue weighted by Crippen LogP contribution is -2.44. The molecule has 2 aromatic rings. The number of fused-ring (bicyclic) bond motifs is 4. The molecule has 0 bridgehead atoms. The van der Waals surface area contributed by atoms with Crippen molar-refractivity contribution in [1.82, 2.24) is 9.80 Å². The highest BCUT2D eigenvalue weighted by Gasteiger charge is 2.45. The number of carbonyl (C=O) groups is 2. The van der Waals surface area contributed by atoms with Crippen molar-refractivity contribution in [1.29, 1.82) is 0 Å². The first kappa shape index (κ1) is 28.1. The third kappa shape index (κ3) is 5.65. The Bertz CT molecular complexity index is 1290. The molecule has 0 N–H and O–H groups in total. The Balaban J connectivity index is 0.000000137. The van der Waals surface area contributed by atoms with Gasteiger partial charge in [0, 0.05) is 55.4 Å². The first-order chi connectivity index (χ1) is 20.6. The number of benzene rings is 2. The van der Waals surface area contributed by atoms with Crippen molar-refractivity contribution >= 4 is 12.6 Å². The zero-order chi connectivity index (χ0) is 28.6. The summed E-state index contributed by atoms with van der Waals surface area (Å²) in [5.74, 6) is 2.00. The fourth-order valence-corrected chi connectivity index (χ4v) is 8.89. The smallest absolute Gasteiger partial charge is 0.150 e. The summed E-state index contributed by atoms with van der Waals surface area (Å²) in [6.45, 7) is 4.93. The SMILES string of the molecule is O=Cc1ccc2c(c1)CC1(CCC3CCCCN3CC1)O2.O=Cc1ccc2c(c1)CC1(CCCN3CCCCC3C1)O2. The van der Waals surface area contributed by atoms with Gasteiger partial charge in [-0.05, 0) is 119 Å². The lowest BCUT2D eigenvalue weighted by Gasteiger charge is -2.37. The van der Waals surface area contributed by atoms with Gasteiger partial charge in [-0.15, -0.1) is 0 Å². The quantitative estimate of drug-likeness (QED) is 0.388. The second kappa shape index (κ2) is 11.8. The zero-order valence-corrected chi connectivity index (χ0v) is 25.0. The maximum atomic E-state index is 11.0. The van der Waals surface area contributed by atoms with Crippen molar-refractivity contribution in [3.8, 4) is 11.5 Å². The number of aldehydes is 2. The average Bonchev–Trinajstić information content (AvgIpc) is 3.43. The molecule has 0 saturated carbocycles. The van der Waals surface area contributed by atoms with E-state index in [0.717, 1.165) is 79.8 Å². The Labute approximate surface area is 250 Å². The number of piperidine rings is 2. The van der Waals surface area contributed by atoms with Crippen molar-refractivity contribution < 1.29 is 19.1 Å². The largest absolute Gasteiger partial charge is 0.487 e. The summed E-state index contributed by atoms with van der Waals surface area (Å²) in [6.07, 6.45) is 19.0. The summed E-state index contributed by atoms with van der Waals surface area (Å²) in [7, 11) is 0. The van der Waals surface area contributed by atoms with E-state index >= 15 is 0 Å².